The molecule has 0 fully saturated rings. The molecule has 0 bridgehead atoms. The van der Waals surface area contributed by atoms with E-state index in [-0.39, 0.29) is 6.04 Å². The number of nitrogens with one attached hydrogen (secondary N) is 2. The molecule has 0 aliphatic heterocycles. The molecule has 0 saturated heterocycles. The molecular weight excluding hydrogens is 360 g/mol. The van der Waals surface area contributed by atoms with Gasteiger partial charge in [-0.3, -0.25) is 0 Å². The van der Waals surface area contributed by atoms with Gasteiger partial charge in [-0.15, -0.1) is 0 Å². The van der Waals surface area contributed by atoms with Gasteiger partial charge in [0.1, 0.15) is 0 Å². The number of rotatable bonds is 4. The third-order valence-corrected chi connectivity index (χ3v) is 4.68. The minimum atomic E-state index is -0.0315. The zero-order valence-electron chi connectivity index (χ0n) is 14.8. The summed E-state index contributed by atoms with van der Waals surface area (Å²) in [4.78, 5) is 0. The Kier molecular flexibility index (Phi) is 5.92. The van der Waals surface area contributed by atoms with Crippen molar-refractivity contribution in [2.45, 2.75) is 19.9 Å². The maximum atomic E-state index is 6.06. The van der Waals surface area contributed by atoms with Gasteiger partial charge in [-0.05, 0) is 61.0 Å². The van der Waals surface area contributed by atoms with Crippen LogP contribution in [0.4, 0.5) is 5.69 Å². The van der Waals surface area contributed by atoms with Gasteiger partial charge in [0.15, 0.2) is 5.11 Å². The number of halogens is 1. The van der Waals surface area contributed by atoms with E-state index in [2.05, 4.69) is 54.8 Å². The second kappa shape index (κ2) is 8.35. The zero-order valence-corrected chi connectivity index (χ0v) is 16.4. The van der Waals surface area contributed by atoms with E-state index in [4.69, 9.17) is 23.8 Å². The summed E-state index contributed by atoms with van der Waals surface area (Å²) in [5.74, 6) is 0. The van der Waals surface area contributed by atoms with Crippen LogP contribution in [0.5, 0.6) is 0 Å². The third kappa shape index (κ3) is 4.63. The Morgan fingerprint density at radius 2 is 1.69 bits per heavy atom. The molecule has 3 aromatic carbocycles. The molecular formula is C22H21ClN2S. The number of thiocarbonyl (C=S) groups is 1. The molecule has 4 heteroatoms. The molecule has 3 rings (SSSR count). The summed E-state index contributed by atoms with van der Waals surface area (Å²) in [5.41, 5.74) is 5.71. The monoisotopic (exact) mass is 380 g/mol. The van der Waals surface area contributed by atoms with Crippen LogP contribution in [0.25, 0.3) is 0 Å². The number of benzene rings is 3. The van der Waals surface area contributed by atoms with E-state index in [0.717, 1.165) is 11.3 Å². The highest BCUT2D eigenvalue weighted by molar-refractivity contribution is 7.80. The summed E-state index contributed by atoms with van der Waals surface area (Å²) >= 11 is 11.6. The van der Waals surface area contributed by atoms with Gasteiger partial charge in [0.25, 0.3) is 0 Å². The van der Waals surface area contributed by atoms with E-state index < -0.39 is 0 Å². The molecule has 26 heavy (non-hydrogen) atoms. The summed E-state index contributed by atoms with van der Waals surface area (Å²) in [5, 5.41) is 7.90. The lowest BCUT2D eigenvalue weighted by Crippen LogP contribution is -2.33. The molecule has 0 saturated carbocycles. The van der Waals surface area contributed by atoms with Gasteiger partial charge in [0, 0.05) is 10.7 Å². The van der Waals surface area contributed by atoms with Crippen LogP contribution in [0.2, 0.25) is 5.02 Å². The Balaban J connectivity index is 1.87. The minimum absolute atomic E-state index is 0.0315. The van der Waals surface area contributed by atoms with Crippen molar-refractivity contribution >= 4 is 34.6 Å². The lowest BCUT2D eigenvalue weighted by molar-refractivity contribution is 0.762. The van der Waals surface area contributed by atoms with Gasteiger partial charge >= 0.3 is 0 Å². The molecule has 2 N–H and O–H groups in total. The second-order valence-electron chi connectivity index (χ2n) is 6.31. The Bertz CT molecular complexity index is 909. The molecule has 1 atom stereocenters. The van der Waals surface area contributed by atoms with Crippen molar-refractivity contribution in [2.75, 3.05) is 5.32 Å². The fourth-order valence-corrected chi connectivity index (χ4v) is 3.43. The highest BCUT2D eigenvalue weighted by Gasteiger charge is 2.17. The van der Waals surface area contributed by atoms with Crippen molar-refractivity contribution in [3.8, 4) is 0 Å². The van der Waals surface area contributed by atoms with Crippen LogP contribution in [0, 0.1) is 13.8 Å². The summed E-state index contributed by atoms with van der Waals surface area (Å²) < 4.78 is 0. The number of hydrogen-bond acceptors (Lipinski definition) is 1. The fraction of sp³-hybridized carbons (Fsp3) is 0.136. The maximum absolute atomic E-state index is 6.06. The lowest BCUT2D eigenvalue weighted by atomic mass is 9.94. The van der Waals surface area contributed by atoms with Crippen LogP contribution in [-0.4, -0.2) is 5.11 Å². The van der Waals surface area contributed by atoms with Crippen molar-refractivity contribution in [3.05, 3.63) is 100 Å². The maximum Gasteiger partial charge on any atom is 0.171 e. The van der Waals surface area contributed by atoms with Gasteiger partial charge in [0.2, 0.25) is 0 Å². The van der Waals surface area contributed by atoms with E-state index in [1.807, 2.05) is 42.5 Å². The van der Waals surface area contributed by atoms with E-state index in [1.165, 1.54) is 16.7 Å². The Labute approximate surface area is 165 Å². The normalized spacial score (nSPS) is 11.7. The summed E-state index contributed by atoms with van der Waals surface area (Å²) in [6.45, 7) is 4.24. The molecule has 132 valence electrons. The van der Waals surface area contributed by atoms with Crippen LogP contribution >= 0.6 is 23.8 Å². The summed E-state index contributed by atoms with van der Waals surface area (Å²) in [6, 6.07) is 24.3. The Hall–Kier alpha value is -2.36. The third-order valence-electron chi connectivity index (χ3n) is 4.23. The largest absolute Gasteiger partial charge is 0.352 e. The van der Waals surface area contributed by atoms with Crippen LogP contribution in [-0.2, 0) is 0 Å². The van der Waals surface area contributed by atoms with Crippen molar-refractivity contribution in [1.29, 1.82) is 0 Å². The van der Waals surface area contributed by atoms with Crippen LogP contribution in [0.1, 0.15) is 28.3 Å². The van der Waals surface area contributed by atoms with Gasteiger partial charge < -0.3 is 10.6 Å². The molecule has 0 aliphatic rings. The summed E-state index contributed by atoms with van der Waals surface area (Å²) in [6.07, 6.45) is 0. The average Bonchev–Trinajstić information content (AvgIpc) is 2.61. The molecule has 3 aromatic rings. The highest BCUT2D eigenvalue weighted by Crippen LogP contribution is 2.26. The summed E-state index contributed by atoms with van der Waals surface area (Å²) in [7, 11) is 0. The SMILES string of the molecule is Cc1ccc([C@H](NC(=S)Nc2cccc(Cl)c2)c2ccccc2)c(C)c1. The number of aryl methyl sites for hydroxylation is 2. The van der Waals surface area contributed by atoms with E-state index in [1.54, 1.807) is 0 Å². The molecule has 0 amide bonds. The van der Waals surface area contributed by atoms with Gasteiger partial charge in [-0.2, -0.15) is 0 Å². The first-order chi connectivity index (χ1) is 12.5. The van der Waals surface area contributed by atoms with Gasteiger partial charge in [-0.1, -0.05) is 71.8 Å². The molecule has 0 radical (unpaired) electrons. The predicted octanol–water partition coefficient (Wildman–Crippen LogP) is 6.03. The number of hydrogen-bond donors (Lipinski definition) is 2. The smallest absolute Gasteiger partial charge is 0.171 e. The highest BCUT2D eigenvalue weighted by atomic mass is 35.5. The van der Waals surface area contributed by atoms with Gasteiger partial charge in [-0.25, -0.2) is 0 Å². The van der Waals surface area contributed by atoms with E-state index in [0.29, 0.717) is 10.1 Å². The van der Waals surface area contributed by atoms with Crippen LogP contribution in [0.15, 0.2) is 72.8 Å². The van der Waals surface area contributed by atoms with Crippen molar-refractivity contribution in [1.82, 2.24) is 5.32 Å². The molecule has 2 nitrogen and oxygen atoms in total. The lowest BCUT2D eigenvalue weighted by Gasteiger charge is -2.24. The van der Waals surface area contributed by atoms with Crippen molar-refractivity contribution in [2.24, 2.45) is 0 Å². The average molecular weight is 381 g/mol. The fourth-order valence-electron chi connectivity index (χ4n) is 3.00. The van der Waals surface area contributed by atoms with Crippen LogP contribution in [0.3, 0.4) is 0 Å². The first-order valence-electron chi connectivity index (χ1n) is 8.48. The molecule has 0 heterocycles. The van der Waals surface area contributed by atoms with E-state index >= 15 is 0 Å². The van der Waals surface area contributed by atoms with E-state index in [9.17, 15) is 0 Å². The zero-order chi connectivity index (χ0) is 18.5. The molecule has 0 spiro atoms. The molecule has 0 aliphatic carbocycles. The van der Waals surface area contributed by atoms with Crippen LogP contribution < -0.4 is 10.6 Å². The first-order valence-corrected chi connectivity index (χ1v) is 9.27. The number of anilines is 1. The first kappa shape index (κ1) is 18.4. The standard InChI is InChI=1S/C22H21ClN2S/c1-15-11-12-20(16(2)13-15)21(17-7-4-3-5-8-17)25-22(26)24-19-10-6-9-18(23)14-19/h3-14,21H,1-2H3,(H2,24,25,26)/t21-/m1/s1. The Morgan fingerprint density at radius 1 is 0.923 bits per heavy atom. The van der Waals surface area contributed by atoms with Gasteiger partial charge in [0.05, 0.1) is 6.04 Å². The topological polar surface area (TPSA) is 24.1 Å². The second-order valence-corrected chi connectivity index (χ2v) is 7.16. The minimum Gasteiger partial charge on any atom is -0.352 e. The predicted molar refractivity (Wildman–Crippen MR) is 115 cm³/mol. The van der Waals surface area contributed by atoms with Crippen molar-refractivity contribution in [3.63, 3.8) is 0 Å². The Morgan fingerprint density at radius 3 is 2.38 bits per heavy atom. The molecule has 0 aromatic heterocycles. The molecule has 0 unspecified atom stereocenters. The van der Waals surface area contributed by atoms with Crippen molar-refractivity contribution < 1.29 is 0 Å². The quantitative estimate of drug-likeness (QED) is 0.540.